The fourth-order valence-electron chi connectivity index (χ4n) is 1.90. The van der Waals surface area contributed by atoms with Gasteiger partial charge in [0.25, 0.3) is 0 Å². The Labute approximate surface area is 78.7 Å². The van der Waals surface area contributed by atoms with Crippen LogP contribution in [0.1, 0.15) is 18.4 Å². The zero-order valence-corrected chi connectivity index (χ0v) is 7.92. The molecule has 0 unspecified atom stereocenters. The summed E-state index contributed by atoms with van der Waals surface area (Å²) in [7, 11) is 1.75. The lowest BCUT2D eigenvalue weighted by molar-refractivity contribution is 0.171. The number of benzene rings is 1. The molecule has 0 aliphatic heterocycles. The van der Waals surface area contributed by atoms with Gasteiger partial charge >= 0.3 is 0 Å². The van der Waals surface area contributed by atoms with E-state index < -0.39 is 0 Å². The lowest BCUT2D eigenvalue weighted by Gasteiger charge is -2.16. The van der Waals surface area contributed by atoms with Crippen LogP contribution in [0.15, 0.2) is 24.3 Å². The minimum Gasteiger partial charge on any atom is -0.398 e. The summed E-state index contributed by atoms with van der Waals surface area (Å²) in [5.41, 5.74) is 8.32. The maximum absolute atomic E-state index is 5.92. The van der Waals surface area contributed by atoms with Gasteiger partial charge < -0.3 is 10.5 Å². The molecule has 0 aromatic heterocycles. The van der Waals surface area contributed by atoms with Gasteiger partial charge in [0.15, 0.2) is 0 Å². The molecule has 2 rings (SSSR count). The average Bonchev–Trinajstić information content (AvgIpc) is 2.87. The molecular weight excluding hydrogens is 162 g/mol. The van der Waals surface area contributed by atoms with Crippen LogP contribution in [0.3, 0.4) is 0 Å². The van der Waals surface area contributed by atoms with Crippen LogP contribution in [0, 0.1) is 0 Å². The van der Waals surface area contributed by atoms with Crippen LogP contribution < -0.4 is 5.73 Å². The van der Waals surface area contributed by atoms with Crippen molar-refractivity contribution in [2.75, 3.05) is 19.5 Å². The zero-order chi connectivity index (χ0) is 9.31. The molecule has 0 saturated heterocycles. The molecule has 1 aromatic rings. The number of rotatable bonds is 3. The van der Waals surface area contributed by atoms with Gasteiger partial charge in [-0.2, -0.15) is 0 Å². The molecule has 70 valence electrons. The summed E-state index contributed by atoms with van der Waals surface area (Å²) in [5.74, 6) is 0. The normalized spacial score (nSPS) is 18.5. The van der Waals surface area contributed by atoms with Gasteiger partial charge in [0.2, 0.25) is 0 Å². The minimum atomic E-state index is 0.236. The van der Waals surface area contributed by atoms with Crippen molar-refractivity contribution in [3.05, 3.63) is 29.8 Å². The van der Waals surface area contributed by atoms with E-state index in [0.29, 0.717) is 0 Å². The van der Waals surface area contributed by atoms with Gasteiger partial charge in [0, 0.05) is 18.2 Å². The fourth-order valence-corrected chi connectivity index (χ4v) is 1.90. The highest BCUT2D eigenvalue weighted by atomic mass is 16.5. The number of hydrogen-bond acceptors (Lipinski definition) is 2. The van der Waals surface area contributed by atoms with Crippen molar-refractivity contribution in [2.45, 2.75) is 18.3 Å². The van der Waals surface area contributed by atoms with E-state index in [1.165, 1.54) is 18.4 Å². The van der Waals surface area contributed by atoms with Crippen LogP contribution in [0.2, 0.25) is 0 Å². The summed E-state index contributed by atoms with van der Waals surface area (Å²) in [6.45, 7) is 0.793. The summed E-state index contributed by atoms with van der Waals surface area (Å²) < 4.78 is 5.22. The molecule has 13 heavy (non-hydrogen) atoms. The smallest absolute Gasteiger partial charge is 0.0559 e. The van der Waals surface area contributed by atoms with Gasteiger partial charge in [-0.3, -0.25) is 0 Å². The summed E-state index contributed by atoms with van der Waals surface area (Å²) in [6, 6.07) is 8.09. The molecule has 0 radical (unpaired) electrons. The highest BCUT2D eigenvalue weighted by Crippen LogP contribution is 2.50. The lowest BCUT2D eigenvalue weighted by atomic mass is 9.95. The van der Waals surface area contributed by atoms with Gasteiger partial charge in [0.05, 0.1) is 6.61 Å². The number of ether oxygens (including phenoxy) is 1. The third-order valence-corrected chi connectivity index (χ3v) is 2.81. The summed E-state index contributed by atoms with van der Waals surface area (Å²) in [6.07, 6.45) is 2.41. The lowest BCUT2D eigenvalue weighted by Crippen LogP contribution is -2.15. The van der Waals surface area contributed by atoms with E-state index >= 15 is 0 Å². The minimum absolute atomic E-state index is 0.236. The number of hydrogen-bond donors (Lipinski definition) is 1. The molecule has 1 aromatic carbocycles. The summed E-state index contributed by atoms with van der Waals surface area (Å²) in [4.78, 5) is 0. The van der Waals surface area contributed by atoms with Crippen molar-refractivity contribution in [1.82, 2.24) is 0 Å². The average molecular weight is 177 g/mol. The second-order valence-electron chi connectivity index (χ2n) is 3.80. The van der Waals surface area contributed by atoms with Crippen LogP contribution in [-0.4, -0.2) is 13.7 Å². The Bertz CT molecular complexity index is 305. The first kappa shape index (κ1) is 8.57. The molecule has 1 aliphatic rings. The molecule has 1 saturated carbocycles. The Morgan fingerprint density at radius 2 is 2.08 bits per heavy atom. The Morgan fingerprint density at radius 3 is 2.62 bits per heavy atom. The quantitative estimate of drug-likeness (QED) is 0.716. The number of para-hydroxylation sites is 1. The molecule has 0 atom stereocenters. The second-order valence-corrected chi connectivity index (χ2v) is 3.80. The number of nitrogen functional groups attached to an aromatic ring is 1. The number of anilines is 1. The third-order valence-electron chi connectivity index (χ3n) is 2.81. The number of nitrogens with two attached hydrogens (primary N) is 1. The fraction of sp³-hybridized carbons (Fsp3) is 0.455. The van der Waals surface area contributed by atoms with Gasteiger partial charge in [-0.15, -0.1) is 0 Å². The Morgan fingerprint density at radius 1 is 1.38 bits per heavy atom. The Hall–Kier alpha value is -1.02. The van der Waals surface area contributed by atoms with Crippen molar-refractivity contribution in [3.8, 4) is 0 Å². The van der Waals surface area contributed by atoms with Crippen molar-refractivity contribution in [2.24, 2.45) is 0 Å². The monoisotopic (exact) mass is 177 g/mol. The molecule has 1 aliphatic carbocycles. The van der Waals surface area contributed by atoms with E-state index in [2.05, 4.69) is 6.07 Å². The maximum atomic E-state index is 5.92. The first-order valence-electron chi connectivity index (χ1n) is 4.62. The van der Waals surface area contributed by atoms with Crippen LogP contribution in [-0.2, 0) is 10.2 Å². The molecule has 2 N–H and O–H groups in total. The molecule has 2 heteroatoms. The standard InChI is InChI=1S/C11H15NO/c1-13-8-11(6-7-11)9-4-2-3-5-10(9)12/h2-5H,6-8,12H2,1H3. The largest absolute Gasteiger partial charge is 0.398 e. The van der Waals surface area contributed by atoms with E-state index in [0.717, 1.165) is 12.3 Å². The highest BCUT2D eigenvalue weighted by molar-refractivity contribution is 5.53. The Kier molecular flexibility index (Phi) is 2.00. The molecule has 0 heterocycles. The first-order chi connectivity index (χ1) is 6.28. The first-order valence-corrected chi connectivity index (χ1v) is 4.62. The van der Waals surface area contributed by atoms with Gasteiger partial charge in [-0.1, -0.05) is 18.2 Å². The predicted molar refractivity (Wildman–Crippen MR) is 53.6 cm³/mol. The van der Waals surface area contributed by atoms with Crippen molar-refractivity contribution >= 4 is 5.69 Å². The predicted octanol–water partition coefficient (Wildman–Crippen LogP) is 1.95. The van der Waals surface area contributed by atoms with Gasteiger partial charge in [-0.05, 0) is 24.5 Å². The maximum Gasteiger partial charge on any atom is 0.0559 e. The second kappa shape index (κ2) is 3.04. The van der Waals surface area contributed by atoms with Crippen LogP contribution in [0.4, 0.5) is 5.69 Å². The van der Waals surface area contributed by atoms with E-state index in [1.807, 2.05) is 18.2 Å². The number of methoxy groups -OCH3 is 1. The van der Waals surface area contributed by atoms with Crippen molar-refractivity contribution in [3.63, 3.8) is 0 Å². The molecule has 0 spiro atoms. The van der Waals surface area contributed by atoms with Crippen molar-refractivity contribution < 1.29 is 4.74 Å². The van der Waals surface area contributed by atoms with E-state index in [9.17, 15) is 0 Å². The van der Waals surface area contributed by atoms with Crippen LogP contribution in [0.25, 0.3) is 0 Å². The molecule has 0 bridgehead atoms. The zero-order valence-electron chi connectivity index (χ0n) is 7.92. The molecular formula is C11H15NO. The Balaban J connectivity index is 2.30. The topological polar surface area (TPSA) is 35.2 Å². The van der Waals surface area contributed by atoms with Crippen molar-refractivity contribution in [1.29, 1.82) is 0 Å². The van der Waals surface area contributed by atoms with Crippen LogP contribution >= 0.6 is 0 Å². The molecule has 0 amide bonds. The summed E-state index contributed by atoms with van der Waals surface area (Å²) in [5, 5.41) is 0. The van der Waals surface area contributed by atoms with Gasteiger partial charge in [-0.25, -0.2) is 0 Å². The third kappa shape index (κ3) is 1.42. The summed E-state index contributed by atoms with van der Waals surface area (Å²) >= 11 is 0. The van der Waals surface area contributed by atoms with E-state index in [1.54, 1.807) is 7.11 Å². The highest BCUT2D eigenvalue weighted by Gasteiger charge is 2.45. The van der Waals surface area contributed by atoms with Gasteiger partial charge in [0.1, 0.15) is 0 Å². The van der Waals surface area contributed by atoms with E-state index in [-0.39, 0.29) is 5.41 Å². The van der Waals surface area contributed by atoms with Crippen LogP contribution in [0.5, 0.6) is 0 Å². The SMILES string of the molecule is COCC1(c2ccccc2N)CC1. The molecule has 1 fully saturated rings. The molecule has 2 nitrogen and oxygen atoms in total. The van der Waals surface area contributed by atoms with E-state index in [4.69, 9.17) is 10.5 Å².